The van der Waals surface area contributed by atoms with Gasteiger partial charge in [0, 0.05) is 38.1 Å². The number of carbonyl (C=O) groups is 3. The zero-order valence-corrected chi connectivity index (χ0v) is 48.5. The molecule has 12 nitrogen and oxygen atoms in total. The molecule has 2 aliphatic carbocycles. The fraction of sp³-hybridized carbons (Fsp3) is 0.635. The Morgan fingerprint density at radius 1 is 0.533 bits per heavy atom. The van der Waals surface area contributed by atoms with E-state index in [1.54, 1.807) is 12.2 Å². The topological polar surface area (TPSA) is 140 Å². The van der Waals surface area contributed by atoms with Gasteiger partial charge >= 0.3 is 0 Å². The Balaban J connectivity index is 1.82. The van der Waals surface area contributed by atoms with Gasteiger partial charge in [-0.1, -0.05) is 117 Å². The summed E-state index contributed by atoms with van der Waals surface area (Å²) in [6.07, 6.45) is 33.1. The van der Waals surface area contributed by atoms with Crippen LogP contribution in [0.3, 0.4) is 0 Å². The molecule has 75 heavy (non-hydrogen) atoms. The van der Waals surface area contributed by atoms with Crippen molar-refractivity contribution in [3.63, 3.8) is 0 Å². The molecule has 0 fully saturated rings. The molecule has 0 saturated heterocycles. The van der Waals surface area contributed by atoms with E-state index >= 15 is 0 Å². The van der Waals surface area contributed by atoms with Crippen molar-refractivity contribution < 1.29 is 47.5 Å². The third-order valence-corrected chi connectivity index (χ3v) is 13.4. The van der Waals surface area contributed by atoms with Crippen LogP contribution in [0.1, 0.15) is 140 Å². The number of amides is 2. The lowest BCUT2D eigenvalue weighted by Crippen LogP contribution is -2.34. The van der Waals surface area contributed by atoms with E-state index < -0.39 is 5.92 Å². The molecule has 0 radical (unpaired) electrons. The second-order valence-corrected chi connectivity index (χ2v) is 21.2. The average Bonchev–Trinajstić information content (AvgIpc) is 3.34. The van der Waals surface area contributed by atoms with Crippen molar-refractivity contribution in [1.29, 1.82) is 0 Å². The Bertz CT molecular complexity index is 2010. The molecule has 0 unspecified atom stereocenters. The fourth-order valence-electron chi connectivity index (χ4n) is 9.08. The number of hydrogen-bond acceptors (Lipinski definition) is 10. The van der Waals surface area contributed by atoms with Crippen LogP contribution in [0.5, 0.6) is 0 Å². The highest BCUT2D eigenvalue weighted by Gasteiger charge is 2.27. The molecule has 2 amide bonds. The number of rotatable bonds is 40. The molecular formula is C63H100N2O10. The molecule has 2 aliphatic rings. The average molecular weight is 1050 g/mol. The third kappa shape index (κ3) is 32.2. The number of ether oxygens (including phenoxy) is 7. The first kappa shape index (κ1) is 66.8. The van der Waals surface area contributed by atoms with Gasteiger partial charge in [-0.25, -0.2) is 0 Å². The smallest absolute Gasteiger partial charge is 0.244 e. The predicted octanol–water partition coefficient (Wildman–Crippen LogP) is 12.2. The summed E-state index contributed by atoms with van der Waals surface area (Å²) in [6, 6.07) is 0. The van der Waals surface area contributed by atoms with Crippen LogP contribution in [0.2, 0.25) is 0 Å². The van der Waals surface area contributed by atoms with Gasteiger partial charge in [-0.3, -0.25) is 14.4 Å². The van der Waals surface area contributed by atoms with Gasteiger partial charge in [0.1, 0.15) is 0 Å². The first-order valence-electron chi connectivity index (χ1n) is 27.9. The van der Waals surface area contributed by atoms with E-state index in [1.807, 2.05) is 45.1 Å². The lowest BCUT2D eigenvalue weighted by molar-refractivity contribution is -0.128. The van der Waals surface area contributed by atoms with Gasteiger partial charge < -0.3 is 43.8 Å². The van der Waals surface area contributed by atoms with Gasteiger partial charge in [0.15, 0.2) is 5.78 Å². The fourth-order valence-corrected chi connectivity index (χ4v) is 9.08. The van der Waals surface area contributed by atoms with Crippen LogP contribution < -0.4 is 10.6 Å². The number of unbranched alkanes of at least 4 members (excludes halogenated alkanes) is 1. The van der Waals surface area contributed by atoms with Crippen LogP contribution in [0.15, 0.2) is 117 Å². The third-order valence-electron chi connectivity index (χ3n) is 13.4. The molecule has 0 aromatic carbocycles. The predicted molar refractivity (Wildman–Crippen MR) is 307 cm³/mol. The maximum atomic E-state index is 13.5. The molecule has 2 N–H and O–H groups in total. The lowest BCUT2D eigenvalue weighted by Gasteiger charge is -2.33. The first-order valence-corrected chi connectivity index (χ1v) is 27.9. The number of nitrogens with one attached hydrogen (secondary N) is 2. The van der Waals surface area contributed by atoms with Crippen LogP contribution in [-0.4, -0.2) is 123 Å². The molecule has 2 rings (SSSR count). The number of ketones is 1. The standard InChI is InChI=1S/C63H100N2O10/c1-12-69-35-36-71-39-40-73-43-44-75-46-45-74-42-41-72-38-37-70-34-33-65-61(68)56(49-57(66)47-52(4)21-15-19-50(2)26-28-58-54(6)23-17-30-62(58,8)9)25-13-14-32-64-60(67)48-53(5)22-16-20-51(3)27-29-59-55(7)24-18-31-63(59,10)11/h15-16,19-22,26-29,47-48,56H,12-14,17-18,23-25,30-46,49H2,1-11H3,(H,64,67)(H,65,68)/t56-/m0/s1. The Labute approximate surface area is 454 Å². The molecule has 0 aromatic rings. The molecular weight excluding hydrogens is 945 g/mol. The van der Waals surface area contributed by atoms with Gasteiger partial charge in [0.2, 0.25) is 11.8 Å². The minimum atomic E-state index is -0.521. The van der Waals surface area contributed by atoms with Gasteiger partial charge in [-0.15, -0.1) is 0 Å². The van der Waals surface area contributed by atoms with Crippen LogP contribution >= 0.6 is 0 Å². The van der Waals surface area contributed by atoms with E-state index in [1.165, 1.54) is 54.4 Å². The molecule has 0 bridgehead atoms. The summed E-state index contributed by atoms with van der Waals surface area (Å²) in [4.78, 5) is 39.6. The van der Waals surface area contributed by atoms with Crippen molar-refractivity contribution in [2.75, 3.05) is 106 Å². The largest absolute Gasteiger partial charge is 0.379 e. The van der Waals surface area contributed by atoms with E-state index in [-0.39, 0.29) is 34.8 Å². The maximum absolute atomic E-state index is 13.5. The molecule has 0 aliphatic heterocycles. The summed E-state index contributed by atoms with van der Waals surface area (Å²) in [5.41, 5.74) is 10.1. The highest BCUT2D eigenvalue weighted by atomic mass is 16.6. The van der Waals surface area contributed by atoms with Crippen LogP contribution in [0.4, 0.5) is 0 Å². The second-order valence-electron chi connectivity index (χ2n) is 21.2. The SMILES string of the molecule is CCOCCOCCOCCOCCOCCOCCOCCNC(=O)[C@@H](CCCCNC(=O)C=C(C)C=CC=C(C)C=CC1=C(C)CCCC1(C)C)CC(=O)C=C(C)C=CC=C(C)C=CC1=C(C)CCCC1(C)C. The molecule has 0 saturated carbocycles. The summed E-state index contributed by atoms with van der Waals surface area (Å²) >= 11 is 0. The molecule has 0 aromatic heterocycles. The summed E-state index contributed by atoms with van der Waals surface area (Å²) < 4.78 is 38.5. The van der Waals surface area contributed by atoms with E-state index in [4.69, 9.17) is 33.2 Å². The van der Waals surface area contributed by atoms with E-state index in [0.717, 1.165) is 28.7 Å². The van der Waals surface area contributed by atoms with E-state index in [9.17, 15) is 14.4 Å². The van der Waals surface area contributed by atoms with Crippen molar-refractivity contribution in [1.82, 2.24) is 10.6 Å². The van der Waals surface area contributed by atoms with Gasteiger partial charge in [0.05, 0.1) is 85.9 Å². The molecule has 12 heteroatoms. The van der Waals surface area contributed by atoms with Gasteiger partial charge in [-0.2, -0.15) is 0 Å². The number of carbonyl (C=O) groups excluding carboxylic acids is 3. The van der Waals surface area contributed by atoms with Crippen LogP contribution in [0, 0.1) is 16.7 Å². The van der Waals surface area contributed by atoms with Crippen molar-refractivity contribution >= 4 is 17.6 Å². The Hall–Kier alpha value is -4.27. The summed E-state index contributed by atoms with van der Waals surface area (Å²) in [6.45, 7) is 31.3. The highest BCUT2D eigenvalue weighted by molar-refractivity contribution is 5.94. The van der Waals surface area contributed by atoms with Crippen LogP contribution in [0.25, 0.3) is 0 Å². The second kappa shape index (κ2) is 40.0. The monoisotopic (exact) mass is 1040 g/mol. The Morgan fingerprint density at radius 3 is 1.40 bits per heavy atom. The summed E-state index contributed by atoms with van der Waals surface area (Å²) in [5, 5.41) is 5.95. The zero-order valence-electron chi connectivity index (χ0n) is 48.5. The number of hydrogen-bond donors (Lipinski definition) is 2. The van der Waals surface area contributed by atoms with E-state index in [0.29, 0.717) is 125 Å². The van der Waals surface area contributed by atoms with Crippen molar-refractivity contribution in [3.05, 3.63) is 117 Å². The van der Waals surface area contributed by atoms with Crippen molar-refractivity contribution in [2.45, 2.75) is 140 Å². The minimum Gasteiger partial charge on any atom is -0.379 e. The molecule has 0 spiro atoms. The van der Waals surface area contributed by atoms with Crippen molar-refractivity contribution in [2.24, 2.45) is 16.7 Å². The Kier molecular flexibility index (Phi) is 35.7. The zero-order chi connectivity index (χ0) is 55.2. The van der Waals surface area contributed by atoms with Gasteiger partial charge in [0.25, 0.3) is 0 Å². The normalized spacial score (nSPS) is 17.4. The summed E-state index contributed by atoms with van der Waals surface area (Å²) in [7, 11) is 0. The molecule has 0 heterocycles. The Morgan fingerprint density at radius 2 is 0.960 bits per heavy atom. The van der Waals surface area contributed by atoms with E-state index in [2.05, 4.69) is 102 Å². The maximum Gasteiger partial charge on any atom is 0.244 e. The number of allylic oxidation sites excluding steroid dienone is 19. The summed E-state index contributed by atoms with van der Waals surface area (Å²) in [5.74, 6) is -0.977. The van der Waals surface area contributed by atoms with Gasteiger partial charge in [-0.05, 0) is 139 Å². The quantitative estimate of drug-likeness (QED) is 0.0346. The molecule has 422 valence electrons. The molecule has 1 atom stereocenters. The minimum absolute atomic E-state index is 0.0852. The van der Waals surface area contributed by atoms with Crippen molar-refractivity contribution in [3.8, 4) is 0 Å². The van der Waals surface area contributed by atoms with Crippen LogP contribution in [-0.2, 0) is 47.5 Å². The first-order chi connectivity index (χ1) is 35.9. The highest BCUT2D eigenvalue weighted by Crippen LogP contribution is 2.42. The lowest BCUT2D eigenvalue weighted by atomic mass is 9.72.